The summed E-state index contributed by atoms with van der Waals surface area (Å²) in [6.45, 7) is 5.32. The molecule has 0 aromatic heterocycles. The van der Waals surface area contributed by atoms with Gasteiger partial charge in [-0.15, -0.1) is 0 Å². The molecule has 23 heavy (non-hydrogen) atoms. The highest BCUT2D eigenvalue weighted by Gasteiger charge is 2.05. The standard InChI is InChI=1S/C19H23NO3/c1-4-12-23-18-11-6-15(13-19(18)22-5-2)14-20-16-7-9-17(21-3)10-8-16/h6-11,13-14H,4-5,12H2,1-3H3. The minimum absolute atomic E-state index is 0.599. The molecule has 0 unspecified atom stereocenters. The number of rotatable bonds is 8. The number of nitrogens with zero attached hydrogens (tertiary/aromatic N) is 1. The molecular formula is C19H23NO3. The molecule has 4 heteroatoms. The van der Waals surface area contributed by atoms with E-state index in [1.54, 1.807) is 7.11 Å². The van der Waals surface area contributed by atoms with Gasteiger partial charge in [0, 0.05) is 6.21 Å². The first-order chi connectivity index (χ1) is 11.3. The highest BCUT2D eigenvalue weighted by Crippen LogP contribution is 2.28. The lowest BCUT2D eigenvalue weighted by Gasteiger charge is -2.11. The summed E-state index contributed by atoms with van der Waals surface area (Å²) >= 11 is 0. The average molecular weight is 313 g/mol. The fraction of sp³-hybridized carbons (Fsp3) is 0.316. The Labute approximate surface area is 137 Å². The first-order valence-electron chi connectivity index (χ1n) is 7.84. The first-order valence-corrected chi connectivity index (χ1v) is 7.84. The van der Waals surface area contributed by atoms with E-state index in [1.165, 1.54) is 0 Å². The van der Waals surface area contributed by atoms with E-state index in [-0.39, 0.29) is 0 Å². The van der Waals surface area contributed by atoms with Gasteiger partial charge in [-0.1, -0.05) is 6.92 Å². The molecule has 0 fully saturated rings. The van der Waals surface area contributed by atoms with Crippen LogP contribution >= 0.6 is 0 Å². The molecule has 0 atom stereocenters. The van der Waals surface area contributed by atoms with E-state index in [1.807, 2.05) is 55.6 Å². The van der Waals surface area contributed by atoms with Crippen molar-refractivity contribution < 1.29 is 14.2 Å². The largest absolute Gasteiger partial charge is 0.497 e. The van der Waals surface area contributed by atoms with Crippen molar-refractivity contribution in [1.82, 2.24) is 0 Å². The third kappa shape index (κ3) is 5.02. The van der Waals surface area contributed by atoms with Gasteiger partial charge in [0.25, 0.3) is 0 Å². The van der Waals surface area contributed by atoms with Crippen LogP contribution < -0.4 is 14.2 Å². The second kappa shape index (κ2) is 8.83. The number of ether oxygens (including phenoxy) is 3. The van der Waals surface area contributed by atoms with Gasteiger partial charge in [-0.05, 0) is 61.4 Å². The highest BCUT2D eigenvalue weighted by molar-refractivity contribution is 5.83. The smallest absolute Gasteiger partial charge is 0.161 e. The number of aliphatic imine (C=N–C) groups is 1. The molecule has 0 amide bonds. The van der Waals surface area contributed by atoms with Gasteiger partial charge in [0.15, 0.2) is 11.5 Å². The van der Waals surface area contributed by atoms with Gasteiger partial charge in [0.1, 0.15) is 5.75 Å². The molecule has 0 radical (unpaired) electrons. The van der Waals surface area contributed by atoms with E-state index >= 15 is 0 Å². The molecule has 0 N–H and O–H groups in total. The molecule has 0 aliphatic heterocycles. The number of methoxy groups -OCH3 is 1. The van der Waals surface area contributed by atoms with Gasteiger partial charge < -0.3 is 14.2 Å². The van der Waals surface area contributed by atoms with E-state index in [4.69, 9.17) is 14.2 Å². The van der Waals surface area contributed by atoms with Crippen molar-refractivity contribution in [2.75, 3.05) is 20.3 Å². The van der Waals surface area contributed by atoms with E-state index in [0.29, 0.717) is 13.2 Å². The third-order valence-corrected chi connectivity index (χ3v) is 3.16. The van der Waals surface area contributed by atoms with Crippen molar-refractivity contribution in [3.05, 3.63) is 48.0 Å². The zero-order valence-electron chi connectivity index (χ0n) is 13.9. The summed E-state index contributed by atoms with van der Waals surface area (Å²) in [5.41, 5.74) is 1.84. The van der Waals surface area contributed by atoms with Crippen molar-refractivity contribution in [3.63, 3.8) is 0 Å². The Kier molecular flexibility index (Phi) is 6.48. The van der Waals surface area contributed by atoms with Gasteiger partial charge in [-0.2, -0.15) is 0 Å². The molecule has 122 valence electrons. The molecule has 0 saturated carbocycles. The summed E-state index contributed by atoms with van der Waals surface area (Å²) in [4.78, 5) is 4.47. The molecule has 2 aromatic carbocycles. The van der Waals surface area contributed by atoms with Crippen LogP contribution in [0.15, 0.2) is 47.5 Å². The van der Waals surface area contributed by atoms with Crippen molar-refractivity contribution in [2.24, 2.45) is 4.99 Å². The topological polar surface area (TPSA) is 40.0 Å². The van der Waals surface area contributed by atoms with Crippen molar-refractivity contribution in [3.8, 4) is 17.2 Å². The van der Waals surface area contributed by atoms with Gasteiger partial charge in [0.2, 0.25) is 0 Å². The molecule has 0 aliphatic carbocycles. The molecule has 2 aromatic rings. The van der Waals surface area contributed by atoms with Crippen LogP contribution in [0.2, 0.25) is 0 Å². The predicted molar refractivity (Wildman–Crippen MR) is 93.6 cm³/mol. The Balaban J connectivity index is 2.14. The first kappa shape index (κ1) is 16.9. The summed E-state index contributed by atoms with van der Waals surface area (Å²) in [7, 11) is 1.65. The zero-order chi connectivity index (χ0) is 16.5. The third-order valence-electron chi connectivity index (χ3n) is 3.16. The van der Waals surface area contributed by atoms with Crippen LogP contribution in [0, 0.1) is 0 Å². The normalized spacial score (nSPS) is 10.7. The minimum atomic E-state index is 0.599. The quantitative estimate of drug-likeness (QED) is 0.667. The van der Waals surface area contributed by atoms with Crippen molar-refractivity contribution >= 4 is 11.9 Å². The van der Waals surface area contributed by atoms with Gasteiger partial charge in [0.05, 0.1) is 26.0 Å². The van der Waals surface area contributed by atoms with Crippen molar-refractivity contribution in [2.45, 2.75) is 20.3 Å². The molecule has 0 spiro atoms. The number of hydrogen-bond donors (Lipinski definition) is 0. The Hall–Kier alpha value is -2.49. The predicted octanol–water partition coefficient (Wildman–Crippen LogP) is 4.63. The highest BCUT2D eigenvalue weighted by atomic mass is 16.5. The Bertz CT molecular complexity index is 636. The summed E-state index contributed by atoms with van der Waals surface area (Å²) in [5.74, 6) is 2.34. The van der Waals surface area contributed by atoms with Crippen LogP contribution in [-0.2, 0) is 0 Å². The molecule has 0 saturated heterocycles. The summed E-state index contributed by atoms with van der Waals surface area (Å²) in [6.07, 6.45) is 2.78. The fourth-order valence-electron chi connectivity index (χ4n) is 2.02. The lowest BCUT2D eigenvalue weighted by Crippen LogP contribution is -2.00. The summed E-state index contributed by atoms with van der Waals surface area (Å²) in [6, 6.07) is 13.5. The van der Waals surface area contributed by atoms with E-state index < -0.39 is 0 Å². The maximum atomic E-state index is 5.70. The van der Waals surface area contributed by atoms with Crippen LogP contribution in [0.4, 0.5) is 5.69 Å². The van der Waals surface area contributed by atoms with Crippen molar-refractivity contribution in [1.29, 1.82) is 0 Å². The SMILES string of the molecule is CCCOc1ccc(C=Nc2ccc(OC)cc2)cc1OCC. The second-order valence-corrected chi connectivity index (χ2v) is 4.94. The van der Waals surface area contributed by atoms with Crippen LogP contribution in [0.25, 0.3) is 0 Å². The lowest BCUT2D eigenvalue weighted by molar-refractivity contribution is 0.277. The molecule has 0 bridgehead atoms. The average Bonchev–Trinajstić information content (AvgIpc) is 2.60. The zero-order valence-corrected chi connectivity index (χ0v) is 13.9. The Morgan fingerprint density at radius 3 is 2.39 bits per heavy atom. The van der Waals surface area contributed by atoms with E-state index in [2.05, 4.69) is 11.9 Å². The Morgan fingerprint density at radius 1 is 0.957 bits per heavy atom. The molecule has 0 heterocycles. The minimum Gasteiger partial charge on any atom is -0.497 e. The van der Waals surface area contributed by atoms with Gasteiger partial charge in [-0.3, -0.25) is 4.99 Å². The fourth-order valence-corrected chi connectivity index (χ4v) is 2.02. The van der Waals surface area contributed by atoms with E-state index in [0.717, 1.165) is 34.9 Å². The molecule has 0 aliphatic rings. The molecule has 4 nitrogen and oxygen atoms in total. The van der Waals surface area contributed by atoms with Gasteiger partial charge in [-0.25, -0.2) is 0 Å². The van der Waals surface area contributed by atoms with Crippen LogP contribution in [0.3, 0.4) is 0 Å². The van der Waals surface area contributed by atoms with E-state index in [9.17, 15) is 0 Å². The number of hydrogen-bond acceptors (Lipinski definition) is 4. The second-order valence-electron chi connectivity index (χ2n) is 4.94. The lowest BCUT2D eigenvalue weighted by atomic mass is 10.2. The monoisotopic (exact) mass is 313 g/mol. The van der Waals surface area contributed by atoms with Gasteiger partial charge >= 0.3 is 0 Å². The number of benzene rings is 2. The molecule has 2 rings (SSSR count). The summed E-state index contributed by atoms with van der Waals surface area (Å²) < 4.78 is 16.5. The molecular weight excluding hydrogens is 290 g/mol. The van der Waals surface area contributed by atoms with Crippen LogP contribution in [0.5, 0.6) is 17.2 Å². The van der Waals surface area contributed by atoms with Crippen LogP contribution in [0.1, 0.15) is 25.8 Å². The summed E-state index contributed by atoms with van der Waals surface area (Å²) in [5, 5.41) is 0. The van der Waals surface area contributed by atoms with Crippen LogP contribution in [-0.4, -0.2) is 26.5 Å². The Morgan fingerprint density at radius 2 is 1.74 bits per heavy atom. The maximum Gasteiger partial charge on any atom is 0.161 e. The maximum absolute atomic E-state index is 5.70.